The predicted octanol–water partition coefficient (Wildman–Crippen LogP) is 2.52. The van der Waals surface area contributed by atoms with E-state index in [-0.39, 0.29) is 6.61 Å². The molecule has 0 amide bonds. The minimum Gasteiger partial charge on any atom is -0.478 e. The van der Waals surface area contributed by atoms with Gasteiger partial charge in [-0.1, -0.05) is 15.9 Å². The Bertz CT molecular complexity index is 291. The van der Waals surface area contributed by atoms with Gasteiger partial charge in [0.15, 0.2) is 0 Å². The fourth-order valence-corrected chi connectivity index (χ4v) is 0.720. The molecule has 0 saturated carbocycles. The number of aliphatic carboxylic acids is 1. The predicted molar refractivity (Wildman–Crippen MR) is 61.5 cm³/mol. The third-order valence-corrected chi connectivity index (χ3v) is 3.55. The Kier molecular flexibility index (Phi) is 7.12. The zero-order valence-electron chi connectivity index (χ0n) is 6.67. The van der Waals surface area contributed by atoms with Crippen molar-refractivity contribution in [3.8, 4) is 0 Å². The second-order valence-corrected chi connectivity index (χ2v) is 5.55. The lowest BCUT2D eigenvalue weighted by molar-refractivity contribution is -0.137. The molecular weight excluding hydrogens is 388 g/mol. The molecule has 7 heteroatoms. The van der Waals surface area contributed by atoms with Gasteiger partial charge in [-0.25, -0.2) is 9.59 Å². The van der Waals surface area contributed by atoms with E-state index in [4.69, 9.17) is 5.11 Å². The Morgan fingerprint density at radius 2 is 1.79 bits per heavy atom. The summed E-state index contributed by atoms with van der Waals surface area (Å²) in [4.78, 5) is 20.9. The van der Waals surface area contributed by atoms with Crippen molar-refractivity contribution in [1.29, 1.82) is 0 Å². The molecule has 1 N–H and O–H groups in total. The fraction of sp³-hybridized carbons (Fsp3) is 0.143. The molecule has 0 bridgehead atoms. The topological polar surface area (TPSA) is 63.6 Å². The SMILES string of the molecule is O=C(O)C=CC(=O)OCC(Br)=C(Br)Br. The zero-order chi connectivity index (χ0) is 11.1. The molecule has 0 atom stereocenters. The highest BCUT2D eigenvalue weighted by Gasteiger charge is 2.02. The third kappa shape index (κ3) is 7.28. The Labute approximate surface area is 105 Å². The van der Waals surface area contributed by atoms with Gasteiger partial charge in [-0.05, 0) is 31.9 Å². The van der Waals surface area contributed by atoms with Gasteiger partial charge < -0.3 is 9.84 Å². The van der Waals surface area contributed by atoms with Gasteiger partial charge in [0.2, 0.25) is 0 Å². The van der Waals surface area contributed by atoms with E-state index >= 15 is 0 Å². The van der Waals surface area contributed by atoms with Crippen molar-refractivity contribution in [3.63, 3.8) is 0 Å². The smallest absolute Gasteiger partial charge is 0.331 e. The molecule has 0 saturated heterocycles. The highest BCUT2D eigenvalue weighted by Crippen LogP contribution is 2.23. The fourth-order valence-electron chi connectivity index (χ4n) is 0.376. The largest absolute Gasteiger partial charge is 0.478 e. The molecule has 0 aliphatic carbocycles. The zero-order valence-corrected chi connectivity index (χ0v) is 11.4. The summed E-state index contributed by atoms with van der Waals surface area (Å²) in [6.45, 7) is 0.0224. The van der Waals surface area contributed by atoms with Crippen LogP contribution in [0.3, 0.4) is 0 Å². The van der Waals surface area contributed by atoms with Crippen molar-refractivity contribution in [2.24, 2.45) is 0 Å². The van der Waals surface area contributed by atoms with Crippen LogP contribution in [0.15, 0.2) is 20.0 Å². The van der Waals surface area contributed by atoms with Gasteiger partial charge in [0.25, 0.3) is 0 Å². The number of carboxylic acid groups (broad SMARTS) is 1. The van der Waals surface area contributed by atoms with E-state index < -0.39 is 11.9 Å². The first kappa shape index (κ1) is 13.9. The second kappa shape index (κ2) is 7.19. The van der Waals surface area contributed by atoms with Gasteiger partial charge in [0, 0.05) is 12.2 Å². The van der Waals surface area contributed by atoms with Crippen LogP contribution in [0.1, 0.15) is 0 Å². The molecule has 4 nitrogen and oxygen atoms in total. The minimum absolute atomic E-state index is 0.0224. The number of carbonyl (C=O) groups excluding carboxylic acids is 1. The van der Waals surface area contributed by atoms with Gasteiger partial charge in [0.1, 0.15) is 6.61 Å². The first-order chi connectivity index (χ1) is 6.43. The molecule has 0 aromatic rings. The molecule has 78 valence electrons. The van der Waals surface area contributed by atoms with E-state index in [0.29, 0.717) is 14.0 Å². The quantitative estimate of drug-likeness (QED) is 0.590. The summed E-state index contributed by atoms with van der Waals surface area (Å²) in [6.07, 6.45) is 1.55. The van der Waals surface area contributed by atoms with E-state index in [1.807, 2.05) is 0 Å². The molecule has 0 fully saturated rings. The molecule has 0 aliphatic rings. The van der Waals surface area contributed by atoms with Crippen LogP contribution in [0.5, 0.6) is 0 Å². The Morgan fingerprint density at radius 3 is 2.21 bits per heavy atom. The molecule has 0 aromatic heterocycles. The molecule has 0 rings (SSSR count). The number of hydrogen-bond acceptors (Lipinski definition) is 3. The van der Waals surface area contributed by atoms with E-state index in [1.54, 1.807) is 0 Å². The lowest BCUT2D eigenvalue weighted by Gasteiger charge is -2.00. The Balaban J connectivity index is 3.99. The molecular formula is C7H5Br3O4. The number of esters is 1. The van der Waals surface area contributed by atoms with Crippen LogP contribution in [-0.2, 0) is 14.3 Å². The average Bonchev–Trinajstić information content (AvgIpc) is 2.10. The van der Waals surface area contributed by atoms with Gasteiger partial charge in [-0.3, -0.25) is 0 Å². The molecule has 0 spiro atoms. The number of ether oxygens (including phenoxy) is 1. The van der Waals surface area contributed by atoms with Gasteiger partial charge >= 0.3 is 11.9 Å². The maximum Gasteiger partial charge on any atom is 0.331 e. The van der Waals surface area contributed by atoms with Crippen molar-refractivity contribution in [2.45, 2.75) is 0 Å². The lowest BCUT2D eigenvalue weighted by Crippen LogP contribution is -2.03. The first-order valence-corrected chi connectivity index (χ1v) is 5.58. The molecule has 0 aromatic carbocycles. The molecule has 14 heavy (non-hydrogen) atoms. The summed E-state index contributed by atoms with van der Waals surface area (Å²) in [6, 6.07) is 0. The maximum atomic E-state index is 10.8. The molecule has 0 unspecified atom stereocenters. The Hall–Kier alpha value is -0.140. The monoisotopic (exact) mass is 390 g/mol. The number of halogens is 3. The molecule has 0 aliphatic heterocycles. The van der Waals surface area contributed by atoms with Crippen LogP contribution in [0.25, 0.3) is 0 Å². The highest BCUT2D eigenvalue weighted by atomic mass is 79.9. The number of carboxylic acids is 1. The van der Waals surface area contributed by atoms with Crippen molar-refractivity contribution in [3.05, 3.63) is 20.0 Å². The molecule has 0 heterocycles. The van der Waals surface area contributed by atoms with Crippen LogP contribution in [0.2, 0.25) is 0 Å². The van der Waals surface area contributed by atoms with Crippen LogP contribution < -0.4 is 0 Å². The third-order valence-electron chi connectivity index (χ3n) is 0.908. The maximum absolute atomic E-state index is 10.8. The second-order valence-electron chi connectivity index (χ2n) is 1.94. The average molecular weight is 393 g/mol. The number of hydrogen-bond donors (Lipinski definition) is 1. The number of rotatable bonds is 4. The van der Waals surface area contributed by atoms with Crippen LogP contribution in [0.4, 0.5) is 0 Å². The van der Waals surface area contributed by atoms with E-state index in [9.17, 15) is 9.59 Å². The van der Waals surface area contributed by atoms with Crippen molar-refractivity contribution in [1.82, 2.24) is 0 Å². The molecule has 0 radical (unpaired) electrons. The minimum atomic E-state index is -1.20. The Morgan fingerprint density at radius 1 is 1.21 bits per heavy atom. The van der Waals surface area contributed by atoms with Gasteiger partial charge in [-0.15, -0.1) is 0 Å². The highest BCUT2D eigenvalue weighted by molar-refractivity contribution is 9.29. The van der Waals surface area contributed by atoms with Gasteiger partial charge in [-0.2, -0.15) is 0 Å². The van der Waals surface area contributed by atoms with Crippen LogP contribution in [0, 0.1) is 0 Å². The summed E-state index contributed by atoms with van der Waals surface area (Å²) in [5, 5.41) is 8.20. The summed E-state index contributed by atoms with van der Waals surface area (Å²) in [7, 11) is 0. The van der Waals surface area contributed by atoms with Crippen molar-refractivity contribution < 1.29 is 19.4 Å². The normalized spacial score (nSPS) is 9.93. The first-order valence-electron chi connectivity index (χ1n) is 3.21. The standard InChI is InChI=1S/C7H5Br3O4/c8-4(7(9)10)3-14-6(13)2-1-5(11)12/h1-2H,3H2,(H,11,12). The van der Waals surface area contributed by atoms with Crippen molar-refractivity contribution >= 4 is 59.7 Å². The summed E-state index contributed by atoms with van der Waals surface area (Å²) < 4.78 is 5.89. The van der Waals surface area contributed by atoms with Crippen LogP contribution in [-0.4, -0.2) is 23.7 Å². The van der Waals surface area contributed by atoms with E-state index in [2.05, 4.69) is 52.5 Å². The van der Waals surface area contributed by atoms with E-state index in [0.717, 1.165) is 6.08 Å². The summed E-state index contributed by atoms with van der Waals surface area (Å²) >= 11 is 9.32. The lowest BCUT2D eigenvalue weighted by atomic mass is 10.5. The number of carbonyl (C=O) groups is 2. The van der Waals surface area contributed by atoms with Crippen LogP contribution >= 0.6 is 47.8 Å². The van der Waals surface area contributed by atoms with E-state index in [1.165, 1.54) is 0 Å². The van der Waals surface area contributed by atoms with Gasteiger partial charge in [0.05, 0.1) is 7.87 Å². The summed E-state index contributed by atoms with van der Waals surface area (Å²) in [5.74, 6) is -1.91. The van der Waals surface area contributed by atoms with Crippen molar-refractivity contribution in [2.75, 3.05) is 6.61 Å². The summed E-state index contributed by atoms with van der Waals surface area (Å²) in [5.41, 5.74) is 0.